The van der Waals surface area contributed by atoms with Gasteiger partial charge in [0.25, 0.3) is 5.91 Å². The van der Waals surface area contributed by atoms with Crippen LogP contribution in [0, 0.1) is 5.92 Å². The zero-order valence-corrected chi connectivity index (χ0v) is 15.4. The number of fused-ring (bicyclic) bond motifs is 1. The standard InChI is InChI=1S/C19H27NO3S/c1-3-13-8-9-16-14(10-13)11-17(24-16)19(22)23-12(2)18(21)20-15-6-4-5-7-15/h11-13,15H,3-10H2,1-2H3,(H,20,21)/t12-,13-/m1/s1. The molecule has 24 heavy (non-hydrogen) atoms. The molecule has 1 amide bonds. The summed E-state index contributed by atoms with van der Waals surface area (Å²) in [5.74, 6) is 0.186. The molecule has 132 valence electrons. The van der Waals surface area contributed by atoms with Crippen LogP contribution in [0.2, 0.25) is 0 Å². The van der Waals surface area contributed by atoms with Gasteiger partial charge < -0.3 is 10.1 Å². The summed E-state index contributed by atoms with van der Waals surface area (Å²) in [6.45, 7) is 3.88. The highest BCUT2D eigenvalue weighted by Crippen LogP contribution is 2.33. The molecule has 4 nitrogen and oxygen atoms in total. The second-order valence-corrected chi connectivity index (χ2v) is 8.25. The van der Waals surface area contributed by atoms with E-state index in [1.54, 1.807) is 6.92 Å². The average molecular weight is 349 g/mol. The van der Waals surface area contributed by atoms with Gasteiger partial charge in [0.2, 0.25) is 0 Å². The maximum atomic E-state index is 12.4. The van der Waals surface area contributed by atoms with Crippen molar-refractivity contribution in [2.45, 2.75) is 77.4 Å². The molecule has 1 aromatic heterocycles. The number of nitrogens with one attached hydrogen (secondary N) is 1. The minimum atomic E-state index is -0.736. The van der Waals surface area contributed by atoms with Gasteiger partial charge in [0.1, 0.15) is 4.88 Å². The van der Waals surface area contributed by atoms with Crippen molar-refractivity contribution >= 4 is 23.2 Å². The summed E-state index contributed by atoms with van der Waals surface area (Å²) in [7, 11) is 0. The molecule has 2 aliphatic rings. The van der Waals surface area contributed by atoms with Crippen LogP contribution in [0.3, 0.4) is 0 Å². The van der Waals surface area contributed by atoms with Gasteiger partial charge in [-0.1, -0.05) is 26.2 Å². The largest absolute Gasteiger partial charge is 0.448 e. The Labute approximate surface area is 148 Å². The fourth-order valence-electron chi connectivity index (χ4n) is 3.71. The third-order valence-electron chi connectivity index (χ3n) is 5.32. The van der Waals surface area contributed by atoms with E-state index in [9.17, 15) is 9.59 Å². The van der Waals surface area contributed by atoms with Crippen molar-refractivity contribution in [2.24, 2.45) is 5.92 Å². The van der Waals surface area contributed by atoms with Crippen LogP contribution in [0.25, 0.3) is 0 Å². The molecular formula is C19H27NO3S. The van der Waals surface area contributed by atoms with Crippen LogP contribution in [-0.2, 0) is 22.4 Å². The molecule has 0 spiro atoms. The molecule has 0 saturated heterocycles. The highest BCUT2D eigenvalue weighted by Gasteiger charge is 2.26. The lowest BCUT2D eigenvalue weighted by molar-refractivity contribution is -0.129. The molecule has 0 bridgehead atoms. The van der Waals surface area contributed by atoms with Crippen LogP contribution in [0.1, 0.15) is 72.5 Å². The Hall–Kier alpha value is -1.36. The molecule has 1 aromatic rings. The normalized spacial score (nSPS) is 22.0. The van der Waals surface area contributed by atoms with Crippen LogP contribution in [-0.4, -0.2) is 24.0 Å². The Balaban J connectivity index is 1.56. The molecule has 0 unspecified atom stereocenters. The molecule has 1 N–H and O–H groups in total. The number of ether oxygens (including phenoxy) is 1. The Morgan fingerprint density at radius 3 is 2.79 bits per heavy atom. The van der Waals surface area contributed by atoms with Crippen molar-refractivity contribution in [1.29, 1.82) is 0 Å². The van der Waals surface area contributed by atoms with Gasteiger partial charge in [-0.25, -0.2) is 4.79 Å². The van der Waals surface area contributed by atoms with Crippen molar-refractivity contribution in [3.05, 3.63) is 21.4 Å². The fourth-order valence-corrected chi connectivity index (χ4v) is 4.80. The van der Waals surface area contributed by atoms with Crippen molar-refractivity contribution in [3.8, 4) is 0 Å². The summed E-state index contributed by atoms with van der Waals surface area (Å²) in [5, 5.41) is 2.99. The topological polar surface area (TPSA) is 55.4 Å². The van der Waals surface area contributed by atoms with Crippen LogP contribution in [0.5, 0.6) is 0 Å². The summed E-state index contributed by atoms with van der Waals surface area (Å²) in [6.07, 6.45) is 8.17. The molecule has 0 aromatic carbocycles. The summed E-state index contributed by atoms with van der Waals surface area (Å²) >= 11 is 1.54. The molecule has 0 radical (unpaired) electrons. The first-order valence-corrected chi connectivity index (χ1v) is 10.0. The van der Waals surface area contributed by atoms with Crippen molar-refractivity contribution in [3.63, 3.8) is 0 Å². The number of hydrogen-bond donors (Lipinski definition) is 1. The second kappa shape index (κ2) is 7.68. The van der Waals surface area contributed by atoms with Gasteiger partial charge in [-0.05, 0) is 56.6 Å². The predicted molar refractivity (Wildman–Crippen MR) is 95.4 cm³/mol. The monoisotopic (exact) mass is 349 g/mol. The lowest BCUT2D eigenvalue weighted by Gasteiger charge is -2.19. The lowest BCUT2D eigenvalue weighted by atomic mass is 9.87. The Morgan fingerprint density at radius 1 is 1.33 bits per heavy atom. The van der Waals surface area contributed by atoms with Gasteiger partial charge in [0.15, 0.2) is 6.10 Å². The van der Waals surface area contributed by atoms with Crippen LogP contribution >= 0.6 is 11.3 Å². The van der Waals surface area contributed by atoms with Crippen LogP contribution in [0.4, 0.5) is 0 Å². The summed E-state index contributed by atoms with van der Waals surface area (Å²) < 4.78 is 5.40. The molecule has 2 atom stereocenters. The summed E-state index contributed by atoms with van der Waals surface area (Å²) in [4.78, 5) is 26.5. The first-order chi connectivity index (χ1) is 11.6. The third-order valence-corrected chi connectivity index (χ3v) is 6.54. The molecule has 1 heterocycles. The minimum Gasteiger partial charge on any atom is -0.448 e. The SMILES string of the molecule is CC[C@@H]1CCc2sc(C(=O)O[C@H](C)C(=O)NC3CCCC3)cc2C1. The Bertz CT molecular complexity index is 604. The van der Waals surface area contributed by atoms with E-state index in [1.165, 1.54) is 47.5 Å². The van der Waals surface area contributed by atoms with Crippen LogP contribution < -0.4 is 5.32 Å². The zero-order chi connectivity index (χ0) is 17.1. The van der Waals surface area contributed by atoms with E-state index in [0.717, 1.165) is 31.6 Å². The highest BCUT2D eigenvalue weighted by molar-refractivity contribution is 7.14. The van der Waals surface area contributed by atoms with E-state index < -0.39 is 6.10 Å². The third kappa shape index (κ3) is 4.00. The summed E-state index contributed by atoms with van der Waals surface area (Å²) in [6, 6.07) is 2.23. The number of esters is 1. The molecule has 3 rings (SSSR count). The van der Waals surface area contributed by atoms with E-state index in [1.807, 2.05) is 6.07 Å². The number of carbonyl (C=O) groups is 2. The first kappa shape index (κ1) is 17.5. The number of rotatable bonds is 5. The van der Waals surface area contributed by atoms with E-state index in [4.69, 9.17) is 4.74 Å². The van der Waals surface area contributed by atoms with Gasteiger partial charge in [-0.15, -0.1) is 11.3 Å². The van der Waals surface area contributed by atoms with Crippen molar-refractivity contribution < 1.29 is 14.3 Å². The highest BCUT2D eigenvalue weighted by atomic mass is 32.1. The number of carbonyl (C=O) groups excluding carboxylic acids is 2. The quantitative estimate of drug-likeness (QED) is 0.821. The van der Waals surface area contributed by atoms with Crippen molar-refractivity contribution in [2.75, 3.05) is 0 Å². The average Bonchev–Trinajstić information content (AvgIpc) is 3.22. The van der Waals surface area contributed by atoms with E-state index in [0.29, 0.717) is 4.88 Å². The molecule has 0 aliphatic heterocycles. The maximum Gasteiger partial charge on any atom is 0.349 e. The van der Waals surface area contributed by atoms with Crippen molar-refractivity contribution in [1.82, 2.24) is 5.32 Å². The first-order valence-electron chi connectivity index (χ1n) is 9.19. The number of amides is 1. The van der Waals surface area contributed by atoms with Gasteiger partial charge in [-0.3, -0.25) is 4.79 Å². The fraction of sp³-hybridized carbons (Fsp3) is 0.684. The summed E-state index contributed by atoms with van der Waals surface area (Å²) in [5.41, 5.74) is 1.30. The van der Waals surface area contributed by atoms with Crippen LogP contribution in [0.15, 0.2) is 6.07 Å². The molecule has 1 fully saturated rings. The maximum absolute atomic E-state index is 12.4. The van der Waals surface area contributed by atoms with E-state index in [2.05, 4.69) is 12.2 Å². The van der Waals surface area contributed by atoms with Gasteiger partial charge in [0, 0.05) is 10.9 Å². The molecule has 5 heteroatoms. The number of thiophene rings is 1. The Morgan fingerprint density at radius 2 is 2.08 bits per heavy atom. The second-order valence-electron chi connectivity index (χ2n) is 7.11. The van der Waals surface area contributed by atoms with Gasteiger partial charge >= 0.3 is 5.97 Å². The smallest absolute Gasteiger partial charge is 0.349 e. The van der Waals surface area contributed by atoms with E-state index in [-0.39, 0.29) is 17.9 Å². The number of aryl methyl sites for hydroxylation is 1. The lowest BCUT2D eigenvalue weighted by Crippen LogP contribution is -2.40. The van der Waals surface area contributed by atoms with Gasteiger partial charge in [-0.2, -0.15) is 0 Å². The molecular weight excluding hydrogens is 322 g/mol. The molecule has 1 saturated carbocycles. The number of hydrogen-bond acceptors (Lipinski definition) is 4. The van der Waals surface area contributed by atoms with E-state index >= 15 is 0 Å². The van der Waals surface area contributed by atoms with Gasteiger partial charge in [0.05, 0.1) is 0 Å². The predicted octanol–water partition coefficient (Wildman–Crippen LogP) is 3.87. The zero-order valence-electron chi connectivity index (χ0n) is 14.6. The molecule has 2 aliphatic carbocycles. The minimum absolute atomic E-state index is 0.178. The Kier molecular flexibility index (Phi) is 5.59.